The summed E-state index contributed by atoms with van der Waals surface area (Å²) >= 11 is 0.999. The third kappa shape index (κ3) is 12.4. The number of carbonyl (C=O) groups is 4. The molecule has 1 atom stereocenters. The lowest BCUT2D eigenvalue weighted by Gasteiger charge is -2.23. The normalized spacial score (nSPS) is 12.3. The molecule has 0 saturated carbocycles. The van der Waals surface area contributed by atoms with Gasteiger partial charge in [0.05, 0.1) is 12.3 Å². The van der Waals surface area contributed by atoms with Gasteiger partial charge < -0.3 is 30.2 Å². The summed E-state index contributed by atoms with van der Waals surface area (Å²) in [5.41, 5.74) is -0.886. The van der Waals surface area contributed by atoms with Crippen molar-refractivity contribution in [3.8, 4) is 0 Å². The lowest BCUT2D eigenvalue weighted by molar-refractivity contribution is -0.118. The molecule has 35 heavy (non-hydrogen) atoms. The maximum atomic E-state index is 12.9. The van der Waals surface area contributed by atoms with Crippen LogP contribution >= 0.6 is 11.3 Å². The number of aromatic nitrogens is 1. The van der Waals surface area contributed by atoms with Gasteiger partial charge in [0, 0.05) is 6.54 Å². The highest BCUT2D eigenvalue weighted by Gasteiger charge is 2.26. The summed E-state index contributed by atoms with van der Waals surface area (Å²) in [6.45, 7) is 14.4. The molecular formula is C23H38N4O7S. The molecule has 0 aliphatic heterocycles. The van der Waals surface area contributed by atoms with E-state index in [1.807, 2.05) is 0 Å². The van der Waals surface area contributed by atoms with Crippen molar-refractivity contribution >= 4 is 40.5 Å². The van der Waals surface area contributed by atoms with Gasteiger partial charge in [-0.15, -0.1) is 0 Å². The summed E-state index contributed by atoms with van der Waals surface area (Å²) in [5, 5.41) is 8.12. The second kappa shape index (κ2) is 13.3. The van der Waals surface area contributed by atoms with Gasteiger partial charge in [0.2, 0.25) is 5.91 Å². The highest BCUT2D eigenvalue weighted by Crippen LogP contribution is 2.24. The maximum absolute atomic E-state index is 12.9. The first-order valence-electron chi connectivity index (χ1n) is 11.5. The van der Waals surface area contributed by atoms with E-state index in [2.05, 4.69) is 20.9 Å². The predicted octanol–water partition coefficient (Wildman–Crippen LogP) is 4.16. The number of nitrogens with zero attached hydrogens (tertiary/aromatic N) is 1. The Labute approximate surface area is 210 Å². The second-order valence-corrected chi connectivity index (χ2v) is 10.8. The molecule has 0 bridgehead atoms. The van der Waals surface area contributed by atoms with Gasteiger partial charge in [-0.3, -0.25) is 4.79 Å². The van der Waals surface area contributed by atoms with Gasteiger partial charge in [0.15, 0.2) is 5.13 Å². The van der Waals surface area contributed by atoms with E-state index in [0.717, 1.165) is 11.3 Å². The molecule has 0 radical (unpaired) electrons. The monoisotopic (exact) mass is 514 g/mol. The molecule has 1 aromatic heterocycles. The molecule has 0 aromatic carbocycles. The van der Waals surface area contributed by atoms with Crippen LogP contribution in [0.4, 0.5) is 14.7 Å². The molecule has 0 unspecified atom stereocenters. The summed E-state index contributed by atoms with van der Waals surface area (Å²) in [4.78, 5) is 53.5. The number of aryl methyl sites for hydroxylation is 1. The van der Waals surface area contributed by atoms with Gasteiger partial charge in [0.25, 0.3) is 0 Å². The van der Waals surface area contributed by atoms with Crippen molar-refractivity contribution < 1.29 is 33.4 Å². The van der Waals surface area contributed by atoms with Crippen LogP contribution in [0.25, 0.3) is 0 Å². The number of carbonyl (C=O) groups excluding carboxylic acids is 4. The van der Waals surface area contributed by atoms with Crippen LogP contribution in [0.1, 0.15) is 83.1 Å². The summed E-state index contributed by atoms with van der Waals surface area (Å²) in [6, 6.07) is -0.915. The molecule has 0 aliphatic carbocycles. The van der Waals surface area contributed by atoms with Gasteiger partial charge in [0.1, 0.15) is 22.1 Å². The lowest BCUT2D eigenvalue weighted by Crippen LogP contribution is -2.45. The average molecular weight is 515 g/mol. The molecule has 0 fully saturated rings. The van der Waals surface area contributed by atoms with Crippen molar-refractivity contribution in [2.45, 2.75) is 91.9 Å². The van der Waals surface area contributed by atoms with Crippen LogP contribution in [0.15, 0.2) is 0 Å². The van der Waals surface area contributed by atoms with Crippen LogP contribution in [-0.2, 0) is 19.0 Å². The largest absolute Gasteiger partial charge is 0.462 e. The molecular weight excluding hydrogens is 476 g/mol. The zero-order valence-electron chi connectivity index (χ0n) is 21.8. The lowest BCUT2D eigenvalue weighted by atomic mass is 10.1. The first-order valence-corrected chi connectivity index (χ1v) is 12.3. The van der Waals surface area contributed by atoms with Gasteiger partial charge in [-0.05, 0) is 74.7 Å². The minimum absolute atomic E-state index is 0.220. The van der Waals surface area contributed by atoms with E-state index in [9.17, 15) is 19.2 Å². The molecule has 3 amide bonds. The predicted molar refractivity (Wildman–Crippen MR) is 133 cm³/mol. The van der Waals surface area contributed by atoms with Gasteiger partial charge in [-0.1, -0.05) is 11.3 Å². The first kappa shape index (κ1) is 30.1. The van der Waals surface area contributed by atoms with E-state index in [1.165, 1.54) is 0 Å². The molecule has 1 heterocycles. The number of esters is 1. The van der Waals surface area contributed by atoms with Crippen molar-refractivity contribution in [2.75, 3.05) is 18.5 Å². The Bertz CT molecular complexity index is 887. The van der Waals surface area contributed by atoms with Crippen molar-refractivity contribution in [1.82, 2.24) is 15.6 Å². The standard InChI is InChI=1S/C23H38N4O7S/c1-9-32-18(29)16-14(2)25-19(35-16)27-17(28)15(26-21(31)34-23(6,7)8)12-10-11-13-24-20(30)33-22(3,4)5/h15H,9-13H2,1-8H3,(H,24,30)(H,26,31)(H,25,27,28)/t15-/m1/s1. The number of rotatable bonds is 10. The molecule has 3 N–H and O–H groups in total. The summed E-state index contributed by atoms with van der Waals surface area (Å²) in [6.07, 6.45) is 0.120. The number of ether oxygens (including phenoxy) is 3. The smallest absolute Gasteiger partial charge is 0.408 e. The fourth-order valence-corrected chi connectivity index (χ4v) is 3.59. The minimum Gasteiger partial charge on any atom is -0.462 e. The zero-order chi connectivity index (χ0) is 26.8. The maximum Gasteiger partial charge on any atom is 0.408 e. The van der Waals surface area contributed by atoms with Crippen molar-refractivity contribution in [3.05, 3.63) is 10.6 Å². The summed E-state index contributed by atoms with van der Waals surface area (Å²) in [7, 11) is 0. The number of nitrogens with one attached hydrogen (secondary N) is 3. The third-order valence-corrected chi connectivity index (χ3v) is 5.14. The molecule has 12 heteroatoms. The summed E-state index contributed by atoms with van der Waals surface area (Å²) < 4.78 is 15.5. The van der Waals surface area contributed by atoms with E-state index in [1.54, 1.807) is 55.4 Å². The zero-order valence-corrected chi connectivity index (χ0v) is 22.6. The van der Waals surface area contributed by atoms with Crippen LogP contribution in [0.5, 0.6) is 0 Å². The van der Waals surface area contributed by atoms with E-state index in [4.69, 9.17) is 14.2 Å². The van der Waals surface area contributed by atoms with Crippen molar-refractivity contribution in [3.63, 3.8) is 0 Å². The molecule has 198 valence electrons. The number of thiazole rings is 1. The van der Waals surface area contributed by atoms with E-state index in [0.29, 0.717) is 30.0 Å². The molecule has 1 rings (SSSR count). The van der Waals surface area contributed by atoms with Crippen LogP contribution in [0.3, 0.4) is 0 Å². The Morgan fingerprint density at radius 3 is 2.14 bits per heavy atom. The van der Waals surface area contributed by atoms with Crippen LogP contribution in [0.2, 0.25) is 0 Å². The number of amides is 3. The van der Waals surface area contributed by atoms with Gasteiger partial charge in [-0.2, -0.15) is 0 Å². The number of anilines is 1. The van der Waals surface area contributed by atoms with Gasteiger partial charge in [-0.25, -0.2) is 19.4 Å². The fraction of sp³-hybridized carbons (Fsp3) is 0.696. The second-order valence-electron chi connectivity index (χ2n) is 9.77. The minimum atomic E-state index is -0.915. The highest BCUT2D eigenvalue weighted by atomic mass is 32.1. The third-order valence-electron chi connectivity index (χ3n) is 4.08. The molecule has 0 aliphatic rings. The molecule has 0 spiro atoms. The molecule has 1 aromatic rings. The molecule has 0 saturated heterocycles. The number of alkyl carbamates (subject to hydrolysis) is 2. The number of hydrogen-bond donors (Lipinski definition) is 3. The van der Waals surface area contributed by atoms with E-state index in [-0.39, 0.29) is 18.2 Å². The quantitative estimate of drug-likeness (QED) is 0.240. The highest BCUT2D eigenvalue weighted by molar-refractivity contribution is 7.17. The number of unbranched alkanes of at least 4 members (excludes halogenated alkanes) is 1. The Balaban J connectivity index is 2.76. The fourth-order valence-electron chi connectivity index (χ4n) is 2.73. The SMILES string of the molecule is CCOC(=O)c1sc(NC(=O)[C@@H](CCCCNC(=O)OC(C)(C)C)NC(=O)OC(C)(C)C)nc1C. The molecule has 11 nitrogen and oxygen atoms in total. The van der Waals surface area contributed by atoms with Crippen LogP contribution in [-0.4, -0.2) is 59.4 Å². The van der Waals surface area contributed by atoms with E-state index >= 15 is 0 Å². The van der Waals surface area contributed by atoms with Gasteiger partial charge >= 0.3 is 18.2 Å². The Morgan fingerprint density at radius 1 is 0.971 bits per heavy atom. The van der Waals surface area contributed by atoms with Crippen LogP contribution < -0.4 is 16.0 Å². The Kier molecular flexibility index (Phi) is 11.4. The first-order chi connectivity index (χ1) is 16.1. The number of hydrogen-bond acceptors (Lipinski definition) is 9. The Morgan fingerprint density at radius 2 is 1.57 bits per heavy atom. The van der Waals surface area contributed by atoms with Crippen molar-refractivity contribution in [2.24, 2.45) is 0 Å². The average Bonchev–Trinajstić information content (AvgIpc) is 3.04. The van der Waals surface area contributed by atoms with E-state index < -0.39 is 41.3 Å². The summed E-state index contributed by atoms with van der Waals surface area (Å²) in [5.74, 6) is -1.01. The van der Waals surface area contributed by atoms with Crippen molar-refractivity contribution in [1.29, 1.82) is 0 Å². The Hall–Kier alpha value is -2.89. The van der Waals surface area contributed by atoms with Crippen LogP contribution in [0, 0.1) is 6.92 Å². The topological polar surface area (TPSA) is 145 Å².